The molecule has 0 aromatic carbocycles. The van der Waals surface area contributed by atoms with Crippen molar-refractivity contribution in [2.24, 2.45) is 5.73 Å². The third kappa shape index (κ3) is 6.98. The normalized spacial score (nSPS) is 8.82. The molecule has 2 amide bonds. The fourth-order valence-electron chi connectivity index (χ4n) is 0.398. The highest BCUT2D eigenvalue weighted by atomic mass is 32.1. The molecule has 0 aliphatic rings. The quantitative estimate of drug-likeness (QED) is 0.386. The molecule has 0 unspecified atom stereocenters. The molecule has 0 aliphatic carbocycles. The minimum absolute atomic E-state index is 0.0921. The first-order valence-corrected chi connectivity index (χ1v) is 3.60. The van der Waals surface area contributed by atoms with Gasteiger partial charge in [0.25, 0.3) is 0 Å². The molecule has 0 aromatic heterocycles. The Morgan fingerprint density at radius 3 is 2.64 bits per heavy atom. The van der Waals surface area contributed by atoms with Crippen molar-refractivity contribution in [3.8, 4) is 0 Å². The van der Waals surface area contributed by atoms with Gasteiger partial charge in [-0.1, -0.05) is 0 Å². The largest absolute Gasteiger partial charge is 0.448 e. The van der Waals surface area contributed by atoms with Crippen LogP contribution in [-0.4, -0.2) is 30.9 Å². The van der Waals surface area contributed by atoms with Crippen LogP contribution in [0.1, 0.15) is 0 Å². The number of carbonyl (C=O) groups excluding carboxylic acids is 2. The van der Waals surface area contributed by atoms with Crippen LogP contribution in [-0.2, 0) is 9.53 Å². The fraction of sp³-hybridized carbons (Fsp3) is 0.600. The number of thiol groups is 1. The summed E-state index contributed by atoms with van der Waals surface area (Å²) in [5, 5.41) is 2.44. The van der Waals surface area contributed by atoms with Crippen molar-refractivity contribution >= 4 is 24.6 Å². The van der Waals surface area contributed by atoms with Crippen molar-refractivity contribution in [2.75, 3.05) is 18.9 Å². The Balaban J connectivity index is 3.14. The molecule has 3 N–H and O–H groups in total. The molecule has 0 saturated heterocycles. The zero-order chi connectivity index (χ0) is 8.69. The van der Waals surface area contributed by atoms with Crippen LogP contribution >= 0.6 is 12.6 Å². The Bertz CT molecular complexity index is 151. The van der Waals surface area contributed by atoms with Gasteiger partial charge in [-0.15, -0.1) is 0 Å². The first kappa shape index (κ1) is 10.1. The van der Waals surface area contributed by atoms with Gasteiger partial charge in [-0.05, 0) is 0 Å². The second-order valence-electron chi connectivity index (χ2n) is 1.68. The zero-order valence-electron chi connectivity index (χ0n) is 5.87. The number of hydrogen-bond acceptors (Lipinski definition) is 4. The molecular formula is C5H10N2O3S. The highest BCUT2D eigenvalue weighted by molar-refractivity contribution is 7.81. The van der Waals surface area contributed by atoms with Gasteiger partial charge in [0.1, 0.15) is 6.61 Å². The van der Waals surface area contributed by atoms with Crippen LogP contribution in [0.3, 0.4) is 0 Å². The molecule has 0 bridgehead atoms. The summed E-state index contributed by atoms with van der Waals surface area (Å²) < 4.78 is 4.34. The van der Waals surface area contributed by atoms with E-state index in [9.17, 15) is 9.59 Å². The lowest BCUT2D eigenvalue weighted by atomic mass is 10.6. The van der Waals surface area contributed by atoms with Crippen molar-refractivity contribution in [1.29, 1.82) is 0 Å². The number of rotatable bonds is 4. The second kappa shape index (κ2) is 5.84. The molecule has 5 nitrogen and oxygen atoms in total. The average molecular weight is 178 g/mol. The van der Waals surface area contributed by atoms with E-state index in [1.165, 1.54) is 0 Å². The lowest BCUT2D eigenvalue weighted by molar-refractivity contribution is -0.118. The summed E-state index contributed by atoms with van der Waals surface area (Å²) >= 11 is 3.71. The Labute approximate surface area is 69.7 Å². The summed E-state index contributed by atoms with van der Waals surface area (Å²) in [6.45, 7) is 0.358. The number of amides is 2. The highest BCUT2D eigenvalue weighted by Crippen LogP contribution is 1.74. The Morgan fingerprint density at radius 2 is 2.18 bits per heavy atom. The van der Waals surface area contributed by atoms with E-state index in [1.807, 2.05) is 0 Å². The minimum atomic E-state index is -0.842. The summed E-state index contributed by atoms with van der Waals surface area (Å²) in [7, 11) is 0. The van der Waals surface area contributed by atoms with Gasteiger partial charge in [-0.2, -0.15) is 12.6 Å². The molecule has 64 valence electrons. The van der Waals surface area contributed by atoms with E-state index in [-0.39, 0.29) is 24.8 Å². The van der Waals surface area contributed by atoms with E-state index in [0.717, 1.165) is 0 Å². The number of primary amides is 1. The van der Waals surface area contributed by atoms with Gasteiger partial charge < -0.3 is 15.8 Å². The second-order valence-corrected chi connectivity index (χ2v) is 1.99. The smallest absolute Gasteiger partial charge is 0.404 e. The maximum Gasteiger partial charge on any atom is 0.404 e. The highest BCUT2D eigenvalue weighted by Gasteiger charge is 1.96. The van der Waals surface area contributed by atoms with E-state index < -0.39 is 6.09 Å². The minimum Gasteiger partial charge on any atom is -0.448 e. The maximum atomic E-state index is 10.5. The van der Waals surface area contributed by atoms with Crippen LogP contribution in [0.15, 0.2) is 0 Å². The Morgan fingerprint density at radius 1 is 1.55 bits per heavy atom. The van der Waals surface area contributed by atoms with E-state index in [0.29, 0.717) is 0 Å². The monoisotopic (exact) mass is 178 g/mol. The van der Waals surface area contributed by atoms with Gasteiger partial charge in [-0.25, -0.2) is 4.79 Å². The lowest BCUT2D eigenvalue weighted by Crippen LogP contribution is -2.29. The van der Waals surface area contributed by atoms with Crippen molar-refractivity contribution in [1.82, 2.24) is 5.32 Å². The standard InChI is InChI=1S/C5H10N2O3S/c6-5(9)10-2-1-7-4(8)3-11/h11H,1-3H2,(H2,6,9)(H,7,8). The van der Waals surface area contributed by atoms with Crippen LogP contribution in [0.25, 0.3) is 0 Å². The predicted octanol–water partition coefficient (Wildman–Crippen LogP) is -0.872. The molecular weight excluding hydrogens is 168 g/mol. The topological polar surface area (TPSA) is 81.4 Å². The van der Waals surface area contributed by atoms with E-state index in [2.05, 4.69) is 28.4 Å². The third-order valence-corrected chi connectivity index (χ3v) is 1.10. The Hall–Kier alpha value is -0.910. The molecule has 0 saturated carbocycles. The Kier molecular flexibility index (Phi) is 5.36. The van der Waals surface area contributed by atoms with Crippen molar-refractivity contribution in [2.45, 2.75) is 0 Å². The predicted molar refractivity (Wildman–Crippen MR) is 42.4 cm³/mol. The van der Waals surface area contributed by atoms with Crippen molar-refractivity contribution < 1.29 is 14.3 Å². The summed E-state index contributed by atoms with van der Waals surface area (Å²) in [6, 6.07) is 0. The first-order valence-electron chi connectivity index (χ1n) is 2.96. The molecule has 0 heterocycles. The zero-order valence-corrected chi connectivity index (χ0v) is 6.77. The fourth-order valence-corrected chi connectivity index (χ4v) is 0.510. The number of carbonyl (C=O) groups is 2. The summed E-state index contributed by atoms with van der Waals surface area (Å²) in [6.07, 6.45) is -0.842. The van der Waals surface area contributed by atoms with Crippen LogP contribution in [0, 0.1) is 0 Å². The summed E-state index contributed by atoms with van der Waals surface area (Å²) in [5.74, 6) is -0.0854. The van der Waals surface area contributed by atoms with E-state index in [4.69, 9.17) is 0 Å². The van der Waals surface area contributed by atoms with Gasteiger partial charge in [0.05, 0.1) is 12.3 Å². The molecule has 0 spiro atoms. The summed E-state index contributed by atoms with van der Waals surface area (Å²) in [5.41, 5.74) is 4.65. The molecule has 0 aliphatic heterocycles. The first-order chi connectivity index (χ1) is 5.16. The van der Waals surface area contributed by atoms with E-state index in [1.54, 1.807) is 0 Å². The molecule has 0 fully saturated rings. The maximum absolute atomic E-state index is 10.5. The van der Waals surface area contributed by atoms with Crippen molar-refractivity contribution in [3.05, 3.63) is 0 Å². The van der Waals surface area contributed by atoms with Gasteiger partial charge in [0, 0.05) is 0 Å². The number of ether oxygens (including phenoxy) is 1. The molecule has 0 radical (unpaired) electrons. The number of nitrogens with one attached hydrogen (secondary N) is 1. The van der Waals surface area contributed by atoms with Gasteiger partial charge in [0.2, 0.25) is 5.91 Å². The van der Waals surface area contributed by atoms with Crippen molar-refractivity contribution in [3.63, 3.8) is 0 Å². The molecule has 6 heteroatoms. The van der Waals surface area contributed by atoms with Crippen LogP contribution in [0.2, 0.25) is 0 Å². The molecule has 0 atom stereocenters. The SMILES string of the molecule is NC(=O)OCCNC(=O)CS. The van der Waals surface area contributed by atoms with Crippen LogP contribution < -0.4 is 11.1 Å². The van der Waals surface area contributed by atoms with Crippen LogP contribution in [0.4, 0.5) is 4.79 Å². The summed E-state index contributed by atoms with van der Waals surface area (Å²) in [4.78, 5) is 20.5. The molecule has 11 heavy (non-hydrogen) atoms. The van der Waals surface area contributed by atoms with Gasteiger partial charge in [-0.3, -0.25) is 4.79 Å². The number of nitrogens with two attached hydrogens (primary N) is 1. The number of hydrogen-bond donors (Lipinski definition) is 3. The third-order valence-electron chi connectivity index (χ3n) is 0.812. The van der Waals surface area contributed by atoms with Crippen LogP contribution in [0.5, 0.6) is 0 Å². The lowest BCUT2D eigenvalue weighted by Gasteiger charge is -2.02. The average Bonchev–Trinajstić information content (AvgIpc) is 1.97. The van der Waals surface area contributed by atoms with E-state index >= 15 is 0 Å². The van der Waals surface area contributed by atoms with Gasteiger partial charge >= 0.3 is 6.09 Å². The molecule has 0 aromatic rings. The van der Waals surface area contributed by atoms with Gasteiger partial charge in [0.15, 0.2) is 0 Å². The molecule has 0 rings (SSSR count).